The molecule has 1 aliphatic rings. The Kier molecular flexibility index (Phi) is 5.54. The quantitative estimate of drug-likeness (QED) is 0.434. The third kappa shape index (κ3) is 4.21. The van der Waals surface area contributed by atoms with Crippen molar-refractivity contribution >= 4 is 23.0 Å². The number of benzene rings is 2. The summed E-state index contributed by atoms with van der Waals surface area (Å²) in [6, 6.07) is 18.9. The number of hydrogen-bond acceptors (Lipinski definition) is 4. The molecule has 0 saturated heterocycles. The second-order valence-corrected chi connectivity index (χ2v) is 6.19. The molecule has 1 aliphatic carbocycles. The van der Waals surface area contributed by atoms with Crippen LogP contribution in [-0.4, -0.2) is 17.0 Å². The lowest BCUT2D eigenvalue weighted by atomic mass is 9.89. The molecule has 0 heterocycles. The van der Waals surface area contributed by atoms with Crippen molar-refractivity contribution in [2.75, 3.05) is 0 Å². The monoisotopic (exact) mass is 368 g/mol. The van der Waals surface area contributed by atoms with E-state index in [4.69, 9.17) is 21.1 Å². The number of carbonyl (C=O) groups excluding carboxylic acids is 2. The van der Waals surface area contributed by atoms with Crippen molar-refractivity contribution < 1.29 is 19.1 Å². The molecule has 0 atom stereocenters. The van der Waals surface area contributed by atoms with Gasteiger partial charge in [-0.1, -0.05) is 72.8 Å². The minimum absolute atomic E-state index is 0.0238. The van der Waals surface area contributed by atoms with Gasteiger partial charge in [-0.25, -0.2) is 4.79 Å². The van der Waals surface area contributed by atoms with E-state index < -0.39 is 17.0 Å². The molecule has 26 heavy (non-hydrogen) atoms. The molecule has 0 radical (unpaired) electrons. The van der Waals surface area contributed by atoms with Crippen molar-refractivity contribution in [3.63, 3.8) is 0 Å². The lowest BCUT2D eigenvalue weighted by molar-refractivity contribution is -0.123. The van der Waals surface area contributed by atoms with Crippen LogP contribution in [0.4, 0.5) is 4.79 Å². The van der Waals surface area contributed by atoms with E-state index in [2.05, 4.69) is 0 Å². The smallest absolute Gasteiger partial charge is 0.429 e. The molecule has 0 aromatic heterocycles. The van der Waals surface area contributed by atoms with E-state index >= 15 is 0 Å². The summed E-state index contributed by atoms with van der Waals surface area (Å²) in [5.41, 5.74) is 0.220. The summed E-state index contributed by atoms with van der Waals surface area (Å²) in [6.07, 6.45) is 5.57. The summed E-state index contributed by atoms with van der Waals surface area (Å²) < 4.78 is 10.3. The maximum absolute atomic E-state index is 12.0. The first-order chi connectivity index (χ1) is 12.6. The van der Waals surface area contributed by atoms with Gasteiger partial charge in [-0.2, -0.15) is 0 Å². The van der Waals surface area contributed by atoms with Crippen LogP contribution in [0.15, 0.2) is 85.0 Å². The second kappa shape index (κ2) is 8.02. The van der Waals surface area contributed by atoms with Crippen molar-refractivity contribution in [3.8, 4) is 0 Å². The summed E-state index contributed by atoms with van der Waals surface area (Å²) in [5, 5.41) is -0.812. The summed E-state index contributed by atoms with van der Waals surface area (Å²) in [5.74, 6) is -0.0238. The topological polar surface area (TPSA) is 52.6 Å². The summed E-state index contributed by atoms with van der Waals surface area (Å²) >= 11 is 5.69. The van der Waals surface area contributed by atoms with Gasteiger partial charge in [0.05, 0.1) is 0 Å². The fourth-order valence-corrected chi connectivity index (χ4v) is 2.80. The summed E-state index contributed by atoms with van der Waals surface area (Å²) in [7, 11) is 0. The van der Waals surface area contributed by atoms with Crippen LogP contribution in [0.25, 0.3) is 0 Å². The number of rotatable bonds is 5. The molecule has 3 rings (SSSR count). The minimum Gasteiger partial charge on any atom is -0.429 e. The van der Waals surface area contributed by atoms with Crippen molar-refractivity contribution in [1.82, 2.24) is 0 Å². The Labute approximate surface area is 156 Å². The zero-order valence-electron chi connectivity index (χ0n) is 13.9. The van der Waals surface area contributed by atoms with E-state index in [1.165, 1.54) is 12.2 Å². The Morgan fingerprint density at radius 2 is 1.50 bits per heavy atom. The zero-order chi connectivity index (χ0) is 18.4. The average molecular weight is 369 g/mol. The third-order valence-electron chi connectivity index (χ3n) is 4.05. The molecule has 0 amide bonds. The molecule has 4 nitrogen and oxygen atoms in total. The normalized spacial score (nSPS) is 21.2. The first-order valence-corrected chi connectivity index (χ1v) is 8.50. The van der Waals surface area contributed by atoms with Crippen molar-refractivity contribution in [3.05, 3.63) is 96.1 Å². The van der Waals surface area contributed by atoms with Crippen LogP contribution in [-0.2, 0) is 20.9 Å². The van der Waals surface area contributed by atoms with Gasteiger partial charge in [0.2, 0.25) is 5.60 Å². The first-order valence-electron chi connectivity index (χ1n) is 8.12. The van der Waals surface area contributed by atoms with Crippen LogP contribution < -0.4 is 0 Å². The van der Waals surface area contributed by atoms with E-state index in [0.717, 1.165) is 11.1 Å². The fraction of sp³-hybridized carbons (Fsp3) is 0.143. The molecule has 0 spiro atoms. The molecular weight excluding hydrogens is 352 g/mol. The molecular formula is C21H17ClO4. The lowest BCUT2D eigenvalue weighted by Crippen LogP contribution is -2.38. The fourth-order valence-electron chi connectivity index (χ4n) is 2.63. The number of hydrogen-bond donors (Lipinski definition) is 0. The van der Waals surface area contributed by atoms with Crippen LogP contribution in [0.3, 0.4) is 0 Å². The van der Waals surface area contributed by atoms with Gasteiger partial charge in [-0.05, 0) is 34.9 Å². The van der Waals surface area contributed by atoms with Gasteiger partial charge >= 0.3 is 6.16 Å². The molecule has 2 aromatic carbocycles. The highest BCUT2D eigenvalue weighted by molar-refractivity contribution is 6.66. The predicted octanol–water partition coefficient (Wildman–Crippen LogP) is 4.75. The Morgan fingerprint density at radius 3 is 2.08 bits per heavy atom. The van der Waals surface area contributed by atoms with E-state index in [-0.39, 0.29) is 12.5 Å². The van der Waals surface area contributed by atoms with Crippen molar-refractivity contribution in [2.45, 2.75) is 18.1 Å². The molecule has 0 bridgehead atoms. The minimum atomic E-state index is -1.65. The van der Waals surface area contributed by atoms with Crippen LogP contribution in [0.5, 0.6) is 0 Å². The SMILES string of the molecule is O=C(OCc1ccccc1)OC1(C(=O)Cl)C=CC(c2ccccc2)C=C1. The van der Waals surface area contributed by atoms with Crippen LogP contribution in [0.1, 0.15) is 17.0 Å². The van der Waals surface area contributed by atoms with Gasteiger partial charge in [-0.15, -0.1) is 0 Å². The van der Waals surface area contributed by atoms with Gasteiger partial charge in [0, 0.05) is 5.92 Å². The average Bonchev–Trinajstić information content (AvgIpc) is 2.68. The van der Waals surface area contributed by atoms with Crippen molar-refractivity contribution in [1.29, 1.82) is 0 Å². The maximum Gasteiger partial charge on any atom is 0.510 e. The molecule has 5 heteroatoms. The van der Waals surface area contributed by atoms with E-state index in [1.807, 2.05) is 60.7 Å². The zero-order valence-corrected chi connectivity index (χ0v) is 14.6. The predicted molar refractivity (Wildman–Crippen MR) is 98.8 cm³/mol. The van der Waals surface area contributed by atoms with Crippen molar-refractivity contribution in [2.24, 2.45) is 0 Å². The number of ether oxygens (including phenoxy) is 2. The van der Waals surface area contributed by atoms with Gasteiger partial charge in [0.25, 0.3) is 5.24 Å². The second-order valence-electron chi connectivity index (χ2n) is 5.85. The Hall–Kier alpha value is -2.85. The van der Waals surface area contributed by atoms with Gasteiger partial charge in [0.1, 0.15) is 6.61 Å². The highest BCUT2D eigenvalue weighted by Crippen LogP contribution is 2.30. The van der Waals surface area contributed by atoms with Crippen LogP contribution in [0.2, 0.25) is 0 Å². The molecule has 0 N–H and O–H groups in total. The maximum atomic E-state index is 12.0. The Balaban J connectivity index is 1.67. The third-order valence-corrected chi connectivity index (χ3v) is 4.34. The Morgan fingerprint density at radius 1 is 0.923 bits per heavy atom. The summed E-state index contributed by atoms with van der Waals surface area (Å²) in [4.78, 5) is 23.9. The van der Waals surface area contributed by atoms with Gasteiger partial charge in [0.15, 0.2) is 0 Å². The standard InChI is InChI=1S/C21H17ClO4/c22-19(23)21(26-20(24)25-15-16-7-3-1-4-8-16)13-11-18(12-14-21)17-9-5-2-6-10-17/h1-14,18H,15H2. The molecule has 2 aromatic rings. The number of carbonyl (C=O) groups is 2. The highest BCUT2D eigenvalue weighted by atomic mass is 35.5. The Bertz CT molecular complexity index is 814. The lowest BCUT2D eigenvalue weighted by Gasteiger charge is -2.27. The van der Waals surface area contributed by atoms with E-state index in [0.29, 0.717) is 0 Å². The largest absolute Gasteiger partial charge is 0.510 e. The van der Waals surface area contributed by atoms with Gasteiger partial charge < -0.3 is 9.47 Å². The molecule has 0 aliphatic heterocycles. The summed E-state index contributed by atoms with van der Waals surface area (Å²) in [6.45, 7) is 0.0479. The molecule has 0 saturated carbocycles. The van der Waals surface area contributed by atoms with Crippen LogP contribution >= 0.6 is 11.6 Å². The van der Waals surface area contributed by atoms with Crippen LogP contribution in [0, 0.1) is 0 Å². The van der Waals surface area contributed by atoms with E-state index in [9.17, 15) is 9.59 Å². The molecule has 132 valence electrons. The number of allylic oxidation sites excluding steroid dienone is 2. The number of halogens is 1. The molecule has 0 unspecified atom stereocenters. The molecule has 0 fully saturated rings. The first kappa shape index (κ1) is 18.0. The highest BCUT2D eigenvalue weighted by Gasteiger charge is 2.39. The van der Waals surface area contributed by atoms with Gasteiger partial charge in [-0.3, -0.25) is 4.79 Å². The van der Waals surface area contributed by atoms with E-state index in [1.54, 1.807) is 12.2 Å².